The van der Waals surface area contributed by atoms with Crippen LogP contribution in [0.5, 0.6) is 0 Å². The second-order valence-corrected chi connectivity index (χ2v) is 9.09. The molecule has 0 saturated heterocycles. The third-order valence-corrected chi connectivity index (χ3v) is 7.25. The van der Waals surface area contributed by atoms with E-state index >= 15 is 0 Å². The molecular weight excluding hydrogens is 525 g/mol. The third-order valence-electron chi connectivity index (χ3n) is 7.25. The van der Waals surface area contributed by atoms with Gasteiger partial charge in [0.15, 0.2) is 17.2 Å². The van der Waals surface area contributed by atoms with Gasteiger partial charge in [-0.3, -0.25) is 4.79 Å². The number of hydrogen-bond acceptors (Lipinski definition) is 6. The van der Waals surface area contributed by atoms with Crippen molar-refractivity contribution in [3.05, 3.63) is 92.9 Å². The Morgan fingerprint density at radius 2 is 1.43 bits per heavy atom. The van der Waals surface area contributed by atoms with Gasteiger partial charge in [0.1, 0.15) is 17.6 Å². The van der Waals surface area contributed by atoms with Gasteiger partial charge in [0, 0.05) is 5.56 Å². The zero-order valence-electron chi connectivity index (χ0n) is 20.0. The highest BCUT2D eigenvalue weighted by Crippen LogP contribution is 2.50. The second-order valence-electron chi connectivity index (χ2n) is 9.09. The molecule has 0 N–H and O–H groups in total. The molecule has 4 heterocycles. The number of benzene rings is 2. The molecule has 2 aromatic heterocycles. The maximum atomic E-state index is 14.9. The summed E-state index contributed by atoms with van der Waals surface area (Å²) >= 11 is 0. The van der Waals surface area contributed by atoms with Crippen molar-refractivity contribution in [2.45, 2.75) is 18.5 Å². The maximum absolute atomic E-state index is 14.9. The molecule has 4 aromatic rings. The van der Waals surface area contributed by atoms with Crippen molar-refractivity contribution in [2.24, 2.45) is 0 Å². The number of imidazole rings is 2. The zero-order chi connectivity index (χ0) is 28.7. The molecule has 1 atom stereocenters. The van der Waals surface area contributed by atoms with E-state index in [0.717, 1.165) is 34.3 Å². The fourth-order valence-electron chi connectivity index (χ4n) is 5.12. The maximum Gasteiger partial charge on any atom is 0.402 e. The average Bonchev–Trinajstić information content (AvgIpc) is 3.65. The quantitative estimate of drug-likeness (QED) is 0.284. The van der Waals surface area contributed by atoms with Gasteiger partial charge in [-0.15, -0.1) is 0 Å². The van der Waals surface area contributed by atoms with Crippen LogP contribution in [0.1, 0.15) is 50.2 Å². The summed E-state index contributed by atoms with van der Waals surface area (Å²) in [6.45, 7) is 15.5. The van der Waals surface area contributed by atoms with E-state index in [9.17, 15) is 33.3 Å². The Balaban J connectivity index is 1.54. The van der Waals surface area contributed by atoms with E-state index in [-0.39, 0.29) is 68.1 Å². The minimum Gasteiger partial charge on any atom is -0.372 e. The summed E-state index contributed by atoms with van der Waals surface area (Å²) in [5, 5.41) is 18.7. The number of fused-ring (bicyclic) bond motifs is 6. The average molecular weight is 534 g/mol. The summed E-state index contributed by atoms with van der Waals surface area (Å²) in [7, 11) is 0. The first-order chi connectivity index (χ1) is 19.0. The molecule has 2 aromatic carbocycles. The van der Waals surface area contributed by atoms with E-state index < -0.39 is 23.4 Å². The molecule has 0 saturated carbocycles. The molecule has 1 unspecified atom stereocenters. The van der Waals surface area contributed by atoms with E-state index in [4.69, 9.17) is 13.1 Å². The summed E-state index contributed by atoms with van der Waals surface area (Å²) in [5.41, 5.74) is -3.71. The Morgan fingerprint density at radius 3 is 2.00 bits per heavy atom. The number of nitrogens with zero attached hydrogens (tertiary/aromatic N) is 8. The lowest BCUT2D eigenvalue weighted by atomic mass is 9.74. The Morgan fingerprint density at radius 1 is 0.825 bits per heavy atom. The van der Waals surface area contributed by atoms with Crippen LogP contribution in [-0.2, 0) is 5.41 Å². The molecule has 13 heteroatoms. The van der Waals surface area contributed by atoms with Gasteiger partial charge in [-0.05, 0) is 36.2 Å². The summed E-state index contributed by atoms with van der Waals surface area (Å²) in [4.78, 5) is 40.5. The SMILES string of the molecule is [C-]#[N+]c1nc2n(c1[N+]#[C-])C(=O)c1ccc(C(C)(c3ccc4c(c3)C(=O)n3c-4nc(C#N)c3C#N)C(F)(F)F)cc1-2. The van der Waals surface area contributed by atoms with Crippen LogP contribution in [0.25, 0.3) is 32.5 Å². The lowest BCUT2D eigenvalue weighted by Gasteiger charge is -2.33. The molecule has 0 spiro atoms. The van der Waals surface area contributed by atoms with Gasteiger partial charge in [-0.1, -0.05) is 36.3 Å². The Kier molecular flexibility index (Phi) is 4.70. The highest BCUT2D eigenvalue weighted by atomic mass is 19.4. The number of alkyl halides is 3. The monoisotopic (exact) mass is 534 g/mol. The van der Waals surface area contributed by atoms with Crippen molar-refractivity contribution >= 4 is 23.5 Å². The van der Waals surface area contributed by atoms with Crippen LogP contribution in [0.3, 0.4) is 0 Å². The molecule has 2 aliphatic heterocycles. The molecule has 190 valence electrons. The molecule has 6 rings (SSSR count). The van der Waals surface area contributed by atoms with Crippen LogP contribution in [0, 0.1) is 35.8 Å². The topological polar surface area (TPSA) is 126 Å². The van der Waals surface area contributed by atoms with Gasteiger partial charge in [-0.25, -0.2) is 14.3 Å². The number of rotatable bonds is 2. The van der Waals surface area contributed by atoms with Crippen molar-refractivity contribution < 1.29 is 22.8 Å². The Labute approximate surface area is 222 Å². The number of aromatic nitrogens is 4. The molecule has 0 fully saturated rings. The van der Waals surface area contributed by atoms with Crippen LogP contribution in [0.4, 0.5) is 24.8 Å². The summed E-state index contributed by atoms with van der Waals surface area (Å²) in [6.07, 6.45) is -4.89. The molecule has 2 aliphatic rings. The van der Waals surface area contributed by atoms with Crippen molar-refractivity contribution in [2.75, 3.05) is 0 Å². The smallest absolute Gasteiger partial charge is 0.372 e. The van der Waals surface area contributed by atoms with Gasteiger partial charge in [0.05, 0.1) is 16.7 Å². The largest absolute Gasteiger partial charge is 0.402 e. The van der Waals surface area contributed by atoms with Gasteiger partial charge in [-0.2, -0.15) is 28.3 Å². The number of carbonyl (C=O) groups is 2. The van der Waals surface area contributed by atoms with Gasteiger partial charge >= 0.3 is 17.9 Å². The first-order valence-electron chi connectivity index (χ1n) is 11.3. The van der Waals surface area contributed by atoms with Crippen LogP contribution in [0.15, 0.2) is 36.4 Å². The van der Waals surface area contributed by atoms with E-state index in [1.807, 2.05) is 0 Å². The van der Waals surface area contributed by atoms with Gasteiger partial charge in [0.2, 0.25) is 0 Å². The van der Waals surface area contributed by atoms with Crippen LogP contribution >= 0.6 is 0 Å². The first-order valence-corrected chi connectivity index (χ1v) is 11.3. The standard InChI is InChI=1S/C27H9F3N8O2/c1-26(27(28,29)30,12-5-7-15-16(8-12)22-36-20(33-2)23(34-3)38(22)24(15)39)13-4-6-14-17(9-13)25(40)37-19(11-32)18(10-31)35-21(14)37/h4-9H,1H3. The van der Waals surface area contributed by atoms with Crippen LogP contribution in [-0.4, -0.2) is 37.1 Å². The van der Waals surface area contributed by atoms with Crippen molar-refractivity contribution in [3.8, 4) is 34.9 Å². The third kappa shape index (κ3) is 2.78. The molecule has 0 bridgehead atoms. The number of carbonyl (C=O) groups excluding carboxylic acids is 2. The second kappa shape index (κ2) is 7.73. The van der Waals surface area contributed by atoms with Crippen molar-refractivity contribution in [1.82, 2.24) is 19.1 Å². The highest BCUT2D eigenvalue weighted by Gasteiger charge is 2.55. The summed E-state index contributed by atoms with van der Waals surface area (Å²) in [6, 6.07) is 10.5. The summed E-state index contributed by atoms with van der Waals surface area (Å²) < 4.78 is 46.5. The normalized spacial score (nSPS) is 14.2. The van der Waals surface area contributed by atoms with Gasteiger partial charge < -0.3 is 9.69 Å². The number of hydrogen-bond donors (Lipinski definition) is 0. The molecular formula is C27H9F3N8O2. The van der Waals surface area contributed by atoms with E-state index in [0.29, 0.717) is 0 Å². The lowest BCUT2D eigenvalue weighted by Crippen LogP contribution is -2.40. The Hall–Kier alpha value is -6.05. The highest BCUT2D eigenvalue weighted by molar-refractivity contribution is 6.11. The molecule has 40 heavy (non-hydrogen) atoms. The van der Waals surface area contributed by atoms with Crippen molar-refractivity contribution in [3.63, 3.8) is 0 Å². The lowest BCUT2D eigenvalue weighted by molar-refractivity contribution is -0.173. The number of halogens is 3. The minimum atomic E-state index is -4.89. The van der Waals surface area contributed by atoms with Gasteiger partial charge in [0.25, 0.3) is 17.5 Å². The molecule has 0 radical (unpaired) electrons. The molecule has 0 aliphatic carbocycles. The van der Waals surface area contributed by atoms with Crippen LogP contribution in [0.2, 0.25) is 0 Å². The zero-order valence-corrected chi connectivity index (χ0v) is 20.0. The van der Waals surface area contributed by atoms with E-state index in [2.05, 4.69) is 19.7 Å². The molecule has 10 nitrogen and oxygen atoms in total. The fourth-order valence-corrected chi connectivity index (χ4v) is 5.12. The van der Waals surface area contributed by atoms with E-state index in [1.165, 1.54) is 18.2 Å². The number of nitriles is 2. The van der Waals surface area contributed by atoms with Crippen LogP contribution < -0.4 is 0 Å². The molecule has 0 amide bonds. The summed E-state index contributed by atoms with van der Waals surface area (Å²) in [5.74, 6) is -2.24. The fraction of sp³-hybridized carbons (Fsp3) is 0.111. The Bertz CT molecular complexity index is 2060. The minimum absolute atomic E-state index is 0.0116. The first kappa shape index (κ1) is 24.3. The van der Waals surface area contributed by atoms with Crippen molar-refractivity contribution in [1.29, 1.82) is 10.5 Å². The predicted molar refractivity (Wildman–Crippen MR) is 129 cm³/mol. The van der Waals surface area contributed by atoms with E-state index in [1.54, 1.807) is 12.1 Å². The predicted octanol–water partition coefficient (Wildman–Crippen LogP) is 5.13.